The summed E-state index contributed by atoms with van der Waals surface area (Å²) in [5.41, 5.74) is 7.41. The lowest BCUT2D eigenvalue weighted by atomic mass is 10.2. The second kappa shape index (κ2) is 8.43. The molecule has 1 unspecified atom stereocenters. The Labute approximate surface area is 121 Å². The van der Waals surface area contributed by atoms with Crippen LogP contribution < -0.4 is 16.0 Å². The molecule has 3 N–H and O–H groups in total. The van der Waals surface area contributed by atoms with Gasteiger partial charge in [-0.3, -0.25) is 4.79 Å². The third kappa shape index (κ3) is 4.74. The minimum Gasteiger partial charge on any atom is -0.399 e. The fourth-order valence-corrected chi connectivity index (χ4v) is 2.06. The van der Waals surface area contributed by atoms with Gasteiger partial charge in [0.15, 0.2) is 0 Å². The molecule has 0 bridgehead atoms. The zero-order valence-electron chi connectivity index (χ0n) is 12.6. The largest absolute Gasteiger partial charge is 0.399 e. The number of carbonyl (C=O) groups is 1. The summed E-state index contributed by atoms with van der Waals surface area (Å²) in [6, 6.07) is 7.36. The number of methoxy groups -OCH3 is 1. The Bertz CT molecular complexity index is 406. The van der Waals surface area contributed by atoms with E-state index in [9.17, 15) is 4.79 Å². The maximum atomic E-state index is 12.1. The minimum absolute atomic E-state index is 0.0276. The van der Waals surface area contributed by atoms with Crippen molar-refractivity contribution < 1.29 is 9.53 Å². The van der Waals surface area contributed by atoms with Crippen LogP contribution in [0.3, 0.4) is 0 Å². The van der Waals surface area contributed by atoms with Gasteiger partial charge in [0.25, 0.3) is 0 Å². The zero-order valence-corrected chi connectivity index (χ0v) is 12.6. The highest BCUT2D eigenvalue weighted by Gasteiger charge is 2.19. The number of nitrogen functional groups attached to an aromatic ring is 1. The summed E-state index contributed by atoms with van der Waals surface area (Å²) >= 11 is 0. The highest BCUT2D eigenvalue weighted by molar-refractivity contribution is 5.84. The Balaban J connectivity index is 2.59. The van der Waals surface area contributed by atoms with Crippen LogP contribution in [-0.4, -0.2) is 38.8 Å². The summed E-state index contributed by atoms with van der Waals surface area (Å²) in [7, 11) is 1.66. The lowest BCUT2D eigenvalue weighted by molar-refractivity contribution is -0.122. The molecule has 5 nitrogen and oxygen atoms in total. The number of nitrogens with zero attached hydrogens (tertiary/aromatic N) is 1. The van der Waals surface area contributed by atoms with Crippen molar-refractivity contribution in [3.05, 3.63) is 24.3 Å². The molecule has 0 spiro atoms. The van der Waals surface area contributed by atoms with Gasteiger partial charge < -0.3 is 20.7 Å². The first-order valence-electron chi connectivity index (χ1n) is 6.99. The molecular weight excluding hydrogens is 254 g/mol. The first kappa shape index (κ1) is 16.3. The second-order valence-corrected chi connectivity index (χ2v) is 4.69. The molecule has 0 radical (unpaired) electrons. The fraction of sp³-hybridized carbons (Fsp3) is 0.533. The number of likely N-dealkylation sites (N-methyl/N-ethyl adjacent to an activating group) is 1. The van der Waals surface area contributed by atoms with Gasteiger partial charge in [-0.15, -0.1) is 0 Å². The maximum Gasteiger partial charge on any atom is 0.242 e. The molecule has 112 valence electrons. The van der Waals surface area contributed by atoms with E-state index < -0.39 is 0 Å². The second-order valence-electron chi connectivity index (χ2n) is 4.69. The Morgan fingerprint density at radius 1 is 1.40 bits per heavy atom. The van der Waals surface area contributed by atoms with Gasteiger partial charge >= 0.3 is 0 Å². The van der Waals surface area contributed by atoms with Crippen LogP contribution in [0.25, 0.3) is 0 Å². The van der Waals surface area contributed by atoms with E-state index in [2.05, 4.69) is 5.32 Å². The molecule has 1 aromatic rings. The number of rotatable bonds is 8. The first-order valence-corrected chi connectivity index (χ1v) is 6.99. The average Bonchev–Trinajstić information content (AvgIpc) is 2.46. The first-order chi connectivity index (χ1) is 9.60. The van der Waals surface area contributed by atoms with Crippen LogP contribution in [0.1, 0.15) is 20.3 Å². The summed E-state index contributed by atoms with van der Waals surface area (Å²) in [6.07, 6.45) is 0.822. The summed E-state index contributed by atoms with van der Waals surface area (Å²) in [4.78, 5) is 14.2. The van der Waals surface area contributed by atoms with E-state index in [1.54, 1.807) is 7.11 Å². The molecule has 0 heterocycles. The van der Waals surface area contributed by atoms with Gasteiger partial charge in [0.1, 0.15) is 6.04 Å². The minimum atomic E-state index is -0.217. The SMILES string of the molecule is CCN(c1ccc(N)cc1)C(C)C(=O)NCCCOC. The number of nitrogens with two attached hydrogens (primary N) is 1. The molecule has 0 aliphatic heterocycles. The maximum absolute atomic E-state index is 12.1. The van der Waals surface area contributed by atoms with Crippen molar-refractivity contribution in [1.29, 1.82) is 0 Å². The molecule has 0 aliphatic rings. The molecule has 1 aromatic carbocycles. The van der Waals surface area contributed by atoms with E-state index in [0.29, 0.717) is 13.2 Å². The summed E-state index contributed by atoms with van der Waals surface area (Å²) in [5.74, 6) is 0.0276. The molecule has 0 saturated carbocycles. The van der Waals surface area contributed by atoms with Gasteiger partial charge in [0.05, 0.1) is 0 Å². The monoisotopic (exact) mass is 279 g/mol. The normalized spacial score (nSPS) is 11.9. The van der Waals surface area contributed by atoms with Crippen molar-refractivity contribution in [2.24, 2.45) is 0 Å². The highest BCUT2D eigenvalue weighted by Crippen LogP contribution is 2.18. The predicted molar refractivity (Wildman–Crippen MR) is 82.8 cm³/mol. The van der Waals surface area contributed by atoms with Crippen LogP contribution in [0.5, 0.6) is 0 Å². The molecule has 1 atom stereocenters. The molecule has 0 fully saturated rings. The molecule has 5 heteroatoms. The molecule has 0 aliphatic carbocycles. The molecule has 20 heavy (non-hydrogen) atoms. The van der Waals surface area contributed by atoms with Gasteiger partial charge in [-0.2, -0.15) is 0 Å². The summed E-state index contributed by atoms with van der Waals surface area (Å²) < 4.78 is 4.96. The Morgan fingerprint density at radius 3 is 2.60 bits per heavy atom. The molecule has 0 saturated heterocycles. The number of ether oxygens (including phenoxy) is 1. The van der Waals surface area contributed by atoms with Crippen LogP contribution in [0.15, 0.2) is 24.3 Å². The highest BCUT2D eigenvalue weighted by atomic mass is 16.5. The summed E-state index contributed by atoms with van der Waals surface area (Å²) in [5, 5.41) is 2.93. The number of nitrogens with one attached hydrogen (secondary N) is 1. The fourth-order valence-electron chi connectivity index (χ4n) is 2.06. The zero-order chi connectivity index (χ0) is 15.0. The van der Waals surface area contributed by atoms with Crippen molar-refractivity contribution in [2.45, 2.75) is 26.3 Å². The lowest BCUT2D eigenvalue weighted by Crippen LogP contribution is -2.45. The number of anilines is 2. The quantitative estimate of drug-likeness (QED) is 0.561. The number of amides is 1. The molecule has 0 aromatic heterocycles. The molecule has 1 rings (SSSR count). The number of carbonyl (C=O) groups excluding carboxylic acids is 1. The van der Waals surface area contributed by atoms with Crippen LogP contribution in [-0.2, 0) is 9.53 Å². The van der Waals surface area contributed by atoms with Crippen LogP contribution >= 0.6 is 0 Å². The standard InChI is InChI=1S/C15H25N3O2/c1-4-18(14-8-6-13(16)7-9-14)12(2)15(19)17-10-5-11-20-3/h6-9,12H,4-5,10-11,16H2,1-3H3,(H,17,19). The Kier molecular flexibility index (Phi) is 6.87. The average molecular weight is 279 g/mol. The van der Waals surface area contributed by atoms with Crippen molar-refractivity contribution in [3.63, 3.8) is 0 Å². The van der Waals surface area contributed by atoms with Crippen LogP contribution in [0.4, 0.5) is 11.4 Å². The van der Waals surface area contributed by atoms with Gasteiger partial charge in [-0.05, 0) is 44.5 Å². The van der Waals surface area contributed by atoms with E-state index in [0.717, 1.165) is 24.3 Å². The lowest BCUT2D eigenvalue weighted by Gasteiger charge is -2.29. The number of hydrogen-bond acceptors (Lipinski definition) is 4. The third-order valence-electron chi connectivity index (χ3n) is 3.24. The van der Waals surface area contributed by atoms with Crippen LogP contribution in [0, 0.1) is 0 Å². The van der Waals surface area contributed by atoms with Crippen molar-refractivity contribution in [2.75, 3.05) is 37.4 Å². The van der Waals surface area contributed by atoms with Crippen molar-refractivity contribution >= 4 is 17.3 Å². The Morgan fingerprint density at radius 2 is 2.05 bits per heavy atom. The van der Waals surface area contributed by atoms with E-state index in [1.807, 2.05) is 43.0 Å². The van der Waals surface area contributed by atoms with Crippen molar-refractivity contribution in [3.8, 4) is 0 Å². The number of benzene rings is 1. The third-order valence-corrected chi connectivity index (χ3v) is 3.24. The molecule has 1 amide bonds. The van der Waals surface area contributed by atoms with E-state index in [4.69, 9.17) is 10.5 Å². The smallest absolute Gasteiger partial charge is 0.242 e. The van der Waals surface area contributed by atoms with E-state index in [-0.39, 0.29) is 11.9 Å². The topological polar surface area (TPSA) is 67.6 Å². The van der Waals surface area contributed by atoms with Gasteiger partial charge in [-0.1, -0.05) is 0 Å². The van der Waals surface area contributed by atoms with E-state index in [1.165, 1.54) is 0 Å². The van der Waals surface area contributed by atoms with Crippen LogP contribution in [0.2, 0.25) is 0 Å². The van der Waals surface area contributed by atoms with Gasteiger partial charge in [0, 0.05) is 38.2 Å². The Hall–Kier alpha value is -1.75. The van der Waals surface area contributed by atoms with Gasteiger partial charge in [0.2, 0.25) is 5.91 Å². The van der Waals surface area contributed by atoms with Gasteiger partial charge in [-0.25, -0.2) is 0 Å². The van der Waals surface area contributed by atoms with Crippen molar-refractivity contribution in [1.82, 2.24) is 5.32 Å². The van der Waals surface area contributed by atoms with E-state index >= 15 is 0 Å². The summed E-state index contributed by atoms with van der Waals surface area (Å²) in [6.45, 7) is 5.99. The predicted octanol–water partition coefficient (Wildman–Crippen LogP) is 1.64. The number of hydrogen-bond donors (Lipinski definition) is 2. The molecular formula is C15H25N3O2.